The highest BCUT2D eigenvalue weighted by Gasteiger charge is 2.32. The van der Waals surface area contributed by atoms with Crippen molar-refractivity contribution in [3.8, 4) is 0 Å². The first kappa shape index (κ1) is 31.5. The predicted molar refractivity (Wildman–Crippen MR) is 142 cm³/mol. The highest BCUT2D eigenvalue weighted by Crippen LogP contribution is 2.32. The van der Waals surface area contributed by atoms with Gasteiger partial charge in [-0.25, -0.2) is 4.99 Å². The molecule has 0 spiro atoms. The molecule has 0 bridgehead atoms. The summed E-state index contributed by atoms with van der Waals surface area (Å²) in [6, 6.07) is 5.11. The van der Waals surface area contributed by atoms with Crippen LogP contribution in [-0.2, 0) is 22.1 Å². The molecule has 2 heterocycles. The zero-order valence-corrected chi connectivity index (χ0v) is 22.6. The van der Waals surface area contributed by atoms with E-state index in [9.17, 15) is 18.0 Å². The number of carbonyl (C=O) groups is 1. The number of likely N-dealkylation sites (tertiary alicyclic amines) is 1. The molecule has 202 valence electrons. The average Bonchev–Trinajstić information content (AvgIpc) is 2.79. The molecule has 0 unspecified atom stereocenters. The summed E-state index contributed by atoms with van der Waals surface area (Å²) in [5.41, 5.74) is 0.506. The van der Waals surface area contributed by atoms with E-state index < -0.39 is 11.7 Å². The van der Waals surface area contributed by atoms with Crippen LogP contribution in [-0.4, -0.2) is 54.6 Å². The summed E-state index contributed by atoms with van der Waals surface area (Å²) in [7, 11) is 0. The maximum absolute atomic E-state index is 12.4. The van der Waals surface area contributed by atoms with E-state index >= 15 is 0 Å². The molecule has 1 fully saturated rings. The normalized spacial score (nSPS) is 16.9. The van der Waals surface area contributed by atoms with Crippen LogP contribution in [0, 0.1) is 5.92 Å². The van der Waals surface area contributed by atoms with Crippen LogP contribution in [0.15, 0.2) is 46.5 Å². The number of ketones is 1. The molecule has 0 aromatic heterocycles. The molecule has 0 aliphatic carbocycles. The van der Waals surface area contributed by atoms with Crippen molar-refractivity contribution in [1.29, 1.82) is 0 Å². The van der Waals surface area contributed by atoms with E-state index in [0.717, 1.165) is 37.4 Å². The van der Waals surface area contributed by atoms with Gasteiger partial charge in [0.05, 0.1) is 24.6 Å². The summed E-state index contributed by atoms with van der Waals surface area (Å²) < 4.78 is 42.9. The zero-order valence-electron chi connectivity index (χ0n) is 22.6. The van der Waals surface area contributed by atoms with Gasteiger partial charge in [0, 0.05) is 24.9 Å². The number of hydrogen-bond donors (Lipinski definition) is 0. The van der Waals surface area contributed by atoms with Crippen molar-refractivity contribution in [2.24, 2.45) is 15.9 Å². The fourth-order valence-electron chi connectivity index (χ4n) is 3.79. The summed E-state index contributed by atoms with van der Waals surface area (Å²) in [5.74, 6) is 1.39. The van der Waals surface area contributed by atoms with Gasteiger partial charge in [-0.05, 0) is 70.3 Å². The number of alkyl halides is 3. The Morgan fingerprint density at radius 2 is 1.81 bits per heavy atom. The lowest BCUT2D eigenvalue weighted by Crippen LogP contribution is -2.37. The van der Waals surface area contributed by atoms with Gasteiger partial charge in [-0.3, -0.25) is 14.7 Å². The van der Waals surface area contributed by atoms with Crippen LogP contribution < -0.4 is 0 Å². The fourth-order valence-corrected chi connectivity index (χ4v) is 3.79. The van der Waals surface area contributed by atoms with Gasteiger partial charge < -0.3 is 4.74 Å². The zero-order chi connectivity index (χ0) is 27.1. The van der Waals surface area contributed by atoms with E-state index in [2.05, 4.69) is 21.8 Å². The first-order valence-corrected chi connectivity index (χ1v) is 12.8. The Balaban J connectivity index is 0.000000356. The van der Waals surface area contributed by atoms with Gasteiger partial charge in [-0.1, -0.05) is 39.0 Å². The maximum Gasteiger partial charge on any atom is 0.416 e. The quantitative estimate of drug-likeness (QED) is 0.440. The van der Waals surface area contributed by atoms with Crippen LogP contribution in [0.2, 0.25) is 0 Å². The van der Waals surface area contributed by atoms with E-state index in [0.29, 0.717) is 0 Å². The number of ether oxygens (including phenoxy) is 1. The van der Waals surface area contributed by atoms with Crippen molar-refractivity contribution in [1.82, 2.24) is 4.90 Å². The minimum Gasteiger partial charge on any atom is -0.478 e. The van der Waals surface area contributed by atoms with Crippen molar-refractivity contribution < 1.29 is 22.7 Å². The van der Waals surface area contributed by atoms with Crippen LogP contribution >= 0.6 is 0 Å². The Hall–Kier alpha value is -2.48. The van der Waals surface area contributed by atoms with Gasteiger partial charge in [0.1, 0.15) is 5.78 Å². The molecule has 0 atom stereocenters. The third kappa shape index (κ3) is 12.5. The third-order valence-corrected chi connectivity index (χ3v) is 5.52. The van der Waals surface area contributed by atoms with Gasteiger partial charge in [0.2, 0.25) is 0 Å². The van der Waals surface area contributed by atoms with Gasteiger partial charge >= 0.3 is 6.18 Å². The summed E-state index contributed by atoms with van der Waals surface area (Å²) in [4.78, 5) is 22.3. The molecule has 0 N–H and O–H groups in total. The molecule has 5 nitrogen and oxygen atoms in total. The largest absolute Gasteiger partial charge is 0.478 e. The van der Waals surface area contributed by atoms with Gasteiger partial charge in [-0.15, -0.1) is 0 Å². The fraction of sp³-hybridized carbons (Fsp3) is 0.607. The molecule has 1 aromatic rings. The Bertz CT molecular complexity index is 884. The number of halogens is 3. The Labute approximate surface area is 214 Å². The van der Waals surface area contributed by atoms with Crippen LogP contribution in [0.4, 0.5) is 13.2 Å². The molecule has 0 saturated carbocycles. The number of benzene rings is 1. The number of aliphatic imine (C=N–C) groups is 2. The molecule has 2 aliphatic rings. The molecule has 1 saturated heterocycles. The summed E-state index contributed by atoms with van der Waals surface area (Å²) in [6.07, 6.45) is 2.75. The SMILES string of the molecule is CC.CC(=O)Cc1ccccc1C(F)(F)F.CC1CCN(CC2=NCC=CN=C(OC(C)C)C2)CC1. The number of hydrogen-bond acceptors (Lipinski definition) is 5. The Morgan fingerprint density at radius 3 is 2.39 bits per heavy atom. The maximum atomic E-state index is 12.4. The molecule has 0 amide bonds. The lowest BCUT2D eigenvalue weighted by Gasteiger charge is -2.30. The van der Waals surface area contributed by atoms with Crippen molar-refractivity contribution in [3.05, 3.63) is 47.7 Å². The van der Waals surface area contributed by atoms with E-state index in [1.165, 1.54) is 56.8 Å². The molecule has 0 radical (unpaired) electrons. The van der Waals surface area contributed by atoms with Crippen molar-refractivity contribution in [2.75, 3.05) is 26.2 Å². The van der Waals surface area contributed by atoms with Crippen molar-refractivity contribution in [3.63, 3.8) is 0 Å². The first-order valence-electron chi connectivity index (χ1n) is 12.8. The summed E-state index contributed by atoms with van der Waals surface area (Å²) in [5, 5.41) is 0. The number of Topliss-reactive ketones (excluding diaryl/α,β-unsaturated/α-hetero) is 1. The van der Waals surface area contributed by atoms with Crippen LogP contribution in [0.5, 0.6) is 0 Å². The minimum atomic E-state index is -4.38. The molecule has 2 aliphatic heterocycles. The summed E-state index contributed by atoms with van der Waals surface area (Å²) >= 11 is 0. The van der Waals surface area contributed by atoms with Gasteiger partial charge in [-0.2, -0.15) is 13.2 Å². The Kier molecular flexibility index (Phi) is 14.3. The third-order valence-electron chi connectivity index (χ3n) is 5.52. The molecule has 3 rings (SSSR count). The summed E-state index contributed by atoms with van der Waals surface area (Å²) in [6.45, 7) is 15.8. The van der Waals surface area contributed by atoms with Gasteiger partial charge in [0.15, 0.2) is 5.90 Å². The van der Waals surface area contributed by atoms with Gasteiger partial charge in [0.25, 0.3) is 0 Å². The Morgan fingerprint density at radius 1 is 1.17 bits per heavy atom. The highest BCUT2D eigenvalue weighted by molar-refractivity contribution is 6.02. The second-order valence-electron chi connectivity index (χ2n) is 9.15. The monoisotopic (exact) mass is 509 g/mol. The van der Waals surface area contributed by atoms with E-state index in [1.807, 2.05) is 33.8 Å². The number of rotatable bonds is 5. The highest BCUT2D eigenvalue weighted by atomic mass is 19.4. The number of nitrogens with zero attached hydrogens (tertiary/aromatic N) is 3. The van der Waals surface area contributed by atoms with Crippen molar-refractivity contribution >= 4 is 17.4 Å². The smallest absolute Gasteiger partial charge is 0.416 e. The number of carbonyl (C=O) groups excluding carboxylic acids is 1. The molecule has 1 aromatic carbocycles. The second-order valence-corrected chi connectivity index (χ2v) is 9.15. The predicted octanol–water partition coefficient (Wildman–Crippen LogP) is 6.76. The molecular formula is C28H42F3N3O2. The van der Waals surface area contributed by atoms with Crippen LogP contribution in [0.25, 0.3) is 0 Å². The lowest BCUT2D eigenvalue weighted by molar-refractivity contribution is -0.138. The van der Waals surface area contributed by atoms with Crippen molar-refractivity contribution in [2.45, 2.75) is 79.5 Å². The first-order chi connectivity index (χ1) is 17.0. The topological polar surface area (TPSA) is 54.3 Å². The molecule has 8 heteroatoms. The second kappa shape index (κ2) is 16.3. The number of piperidine rings is 1. The van der Waals surface area contributed by atoms with E-state index in [-0.39, 0.29) is 23.9 Å². The average molecular weight is 510 g/mol. The van der Waals surface area contributed by atoms with Crippen LogP contribution in [0.1, 0.15) is 71.9 Å². The molecular weight excluding hydrogens is 467 g/mol. The minimum absolute atomic E-state index is 0.0347. The molecule has 36 heavy (non-hydrogen) atoms. The van der Waals surface area contributed by atoms with Crippen LogP contribution in [0.3, 0.4) is 0 Å². The standard InChI is InChI=1S/C16H27N3O.C10H9F3O.C2H6/c1-13(2)20-16-11-15(17-7-4-8-18-16)12-19-9-5-14(3)6-10-19;1-7(14)6-8-4-2-3-5-9(8)10(11,12)13;1-2/h4,8,13-14H,5-7,9-12H2,1-3H3;2-5H,6H2,1H3;1-2H3. The van der Waals surface area contributed by atoms with E-state index in [4.69, 9.17) is 4.74 Å². The van der Waals surface area contributed by atoms with E-state index in [1.54, 1.807) is 6.20 Å². The lowest BCUT2D eigenvalue weighted by atomic mass is 9.99.